The molecule has 0 bridgehead atoms. The molecule has 16 heavy (non-hydrogen) atoms. The third-order valence-corrected chi connectivity index (χ3v) is 3.04. The predicted molar refractivity (Wildman–Crippen MR) is 61.5 cm³/mol. The SMILES string of the molecule is OB1OCc2cc(Cl)c(-c3ccoc3)cc21. The van der Waals surface area contributed by atoms with Crippen molar-refractivity contribution >= 4 is 24.2 Å². The van der Waals surface area contributed by atoms with Crippen molar-refractivity contribution in [2.75, 3.05) is 0 Å². The summed E-state index contributed by atoms with van der Waals surface area (Å²) >= 11 is 6.17. The van der Waals surface area contributed by atoms with E-state index in [2.05, 4.69) is 0 Å². The van der Waals surface area contributed by atoms with Gasteiger partial charge in [-0.1, -0.05) is 17.7 Å². The van der Waals surface area contributed by atoms with Crippen LogP contribution in [0.4, 0.5) is 0 Å². The summed E-state index contributed by atoms with van der Waals surface area (Å²) in [5.41, 5.74) is 3.45. The molecule has 3 rings (SSSR count). The minimum Gasteiger partial charge on any atom is -0.472 e. The maximum atomic E-state index is 9.61. The number of halogens is 1. The Morgan fingerprint density at radius 1 is 1.38 bits per heavy atom. The molecule has 3 nitrogen and oxygen atoms in total. The van der Waals surface area contributed by atoms with E-state index in [1.165, 1.54) is 0 Å². The van der Waals surface area contributed by atoms with E-state index in [4.69, 9.17) is 20.7 Å². The highest BCUT2D eigenvalue weighted by molar-refractivity contribution is 6.61. The molecule has 0 fully saturated rings. The van der Waals surface area contributed by atoms with Crippen LogP contribution in [0.15, 0.2) is 35.1 Å². The van der Waals surface area contributed by atoms with Gasteiger partial charge < -0.3 is 14.1 Å². The lowest BCUT2D eigenvalue weighted by Gasteiger charge is -2.05. The summed E-state index contributed by atoms with van der Waals surface area (Å²) in [5.74, 6) is 0. The third kappa shape index (κ3) is 1.46. The average Bonchev–Trinajstić information content (AvgIpc) is 2.88. The molecule has 2 heterocycles. The fraction of sp³-hybridized carbons (Fsp3) is 0.0909. The molecule has 1 aliphatic heterocycles. The molecule has 0 aliphatic carbocycles. The van der Waals surface area contributed by atoms with E-state index in [1.54, 1.807) is 12.5 Å². The molecule has 0 saturated heterocycles. The number of rotatable bonds is 1. The maximum Gasteiger partial charge on any atom is 0.491 e. The first-order valence-corrected chi connectivity index (χ1v) is 5.28. The van der Waals surface area contributed by atoms with Gasteiger partial charge in [0.1, 0.15) is 0 Å². The minimum atomic E-state index is -0.849. The van der Waals surface area contributed by atoms with E-state index in [9.17, 15) is 5.02 Å². The van der Waals surface area contributed by atoms with Crippen molar-refractivity contribution in [3.8, 4) is 11.1 Å². The Morgan fingerprint density at radius 3 is 3.00 bits per heavy atom. The molecule has 0 atom stereocenters. The maximum absolute atomic E-state index is 9.61. The molecule has 1 aliphatic rings. The Balaban J connectivity index is 2.17. The van der Waals surface area contributed by atoms with Gasteiger partial charge in [0.25, 0.3) is 0 Å². The average molecular weight is 234 g/mol. The van der Waals surface area contributed by atoms with E-state index in [0.29, 0.717) is 11.6 Å². The second kappa shape index (κ2) is 3.66. The first kappa shape index (κ1) is 9.96. The number of benzene rings is 1. The van der Waals surface area contributed by atoms with Crippen LogP contribution >= 0.6 is 11.6 Å². The summed E-state index contributed by atoms with van der Waals surface area (Å²) in [5, 5.41) is 10.2. The molecule has 2 aromatic rings. The number of hydrogen-bond donors (Lipinski definition) is 1. The monoisotopic (exact) mass is 234 g/mol. The lowest BCUT2D eigenvalue weighted by molar-refractivity contribution is 0.275. The van der Waals surface area contributed by atoms with E-state index < -0.39 is 7.12 Å². The molecule has 1 N–H and O–H groups in total. The normalized spacial score (nSPS) is 14.2. The van der Waals surface area contributed by atoms with Crippen molar-refractivity contribution in [3.05, 3.63) is 41.3 Å². The number of fused-ring (bicyclic) bond motifs is 1. The van der Waals surface area contributed by atoms with Gasteiger partial charge in [-0.3, -0.25) is 0 Å². The zero-order valence-electron chi connectivity index (χ0n) is 8.31. The van der Waals surface area contributed by atoms with Crippen molar-refractivity contribution < 1.29 is 14.1 Å². The zero-order valence-corrected chi connectivity index (χ0v) is 9.07. The van der Waals surface area contributed by atoms with Crippen LogP contribution in [0.5, 0.6) is 0 Å². The van der Waals surface area contributed by atoms with Crippen LogP contribution in [-0.2, 0) is 11.3 Å². The molecular formula is C11H8BClO3. The van der Waals surface area contributed by atoms with Crippen LogP contribution in [0.2, 0.25) is 5.02 Å². The van der Waals surface area contributed by atoms with Crippen LogP contribution in [0.25, 0.3) is 11.1 Å². The molecule has 1 aromatic carbocycles. The van der Waals surface area contributed by atoms with Crippen molar-refractivity contribution in [2.45, 2.75) is 6.61 Å². The van der Waals surface area contributed by atoms with Crippen LogP contribution in [-0.4, -0.2) is 12.1 Å². The van der Waals surface area contributed by atoms with E-state index in [-0.39, 0.29) is 0 Å². The standard InChI is InChI=1S/C11H8BClO3/c13-11-3-8-6-16-12(14)10(8)4-9(11)7-1-2-15-5-7/h1-5,14H,6H2. The van der Waals surface area contributed by atoms with Gasteiger partial charge in [-0.15, -0.1) is 0 Å². The Hall–Kier alpha value is -1.23. The van der Waals surface area contributed by atoms with Crippen LogP contribution < -0.4 is 5.46 Å². The fourth-order valence-corrected chi connectivity index (χ4v) is 2.18. The Morgan fingerprint density at radius 2 is 2.25 bits per heavy atom. The van der Waals surface area contributed by atoms with Crippen molar-refractivity contribution in [2.24, 2.45) is 0 Å². The van der Waals surface area contributed by atoms with Gasteiger partial charge in [0, 0.05) is 16.1 Å². The molecule has 0 spiro atoms. The second-order valence-corrected chi connectivity index (χ2v) is 4.11. The van der Waals surface area contributed by atoms with Crippen molar-refractivity contribution in [1.29, 1.82) is 0 Å². The largest absolute Gasteiger partial charge is 0.491 e. The molecule has 5 heteroatoms. The fourth-order valence-electron chi connectivity index (χ4n) is 1.88. The van der Waals surface area contributed by atoms with E-state index >= 15 is 0 Å². The van der Waals surface area contributed by atoms with Crippen molar-refractivity contribution in [3.63, 3.8) is 0 Å². The summed E-state index contributed by atoms with van der Waals surface area (Å²) in [4.78, 5) is 0. The van der Waals surface area contributed by atoms with Crippen LogP contribution in [0.3, 0.4) is 0 Å². The van der Waals surface area contributed by atoms with Gasteiger partial charge in [0.15, 0.2) is 0 Å². The third-order valence-electron chi connectivity index (χ3n) is 2.72. The Bertz CT molecular complexity index is 524. The van der Waals surface area contributed by atoms with Crippen molar-refractivity contribution in [1.82, 2.24) is 0 Å². The predicted octanol–water partition coefficient (Wildman–Crippen LogP) is 1.82. The molecular weight excluding hydrogens is 226 g/mol. The first-order valence-electron chi connectivity index (χ1n) is 4.90. The topological polar surface area (TPSA) is 42.6 Å². The molecule has 0 saturated carbocycles. The summed E-state index contributed by atoms with van der Waals surface area (Å²) in [6.45, 7) is 0.405. The summed E-state index contributed by atoms with van der Waals surface area (Å²) in [7, 11) is -0.849. The summed E-state index contributed by atoms with van der Waals surface area (Å²) in [6.07, 6.45) is 3.21. The van der Waals surface area contributed by atoms with Gasteiger partial charge in [0.2, 0.25) is 0 Å². The molecule has 0 unspecified atom stereocenters. The smallest absolute Gasteiger partial charge is 0.472 e. The Labute approximate surface area is 97.7 Å². The zero-order chi connectivity index (χ0) is 11.1. The number of furan rings is 1. The molecule has 1 aromatic heterocycles. The first-order chi connectivity index (χ1) is 7.75. The lowest BCUT2D eigenvalue weighted by Crippen LogP contribution is -2.28. The molecule has 0 amide bonds. The van der Waals surface area contributed by atoms with Gasteiger partial charge in [-0.25, -0.2) is 0 Å². The van der Waals surface area contributed by atoms with E-state index in [0.717, 1.165) is 22.2 Å². The molecule has 80 valence electrons. The Kier molecular flexibility index (Phi) is 2.28. The highest BCUT2D eigenvalue weighted by atomic mass is 35.5. The number of hydrogen-bond acceptors (Lipinski definition) is 3. The quantitative estimate of drug-likeness (QED) is 0.765. The summed E-state index contributed by atoms with van der Waals surface area (Å²) in [6, 6.07) is 5.51. The summed E-state index contributed by atoms with van der Waals surface area (Å²) < 4.78 is 10.1. The van der Waals surface area contributed by atoms with Gasteiger partial charge >= 0.3 is 7.12 Å². The highest BCUT2D eigenvalue weighted by Crippen LogP contribution is 2.29. The minimum absolute atomic E-state index is 0.405. The second-order valence-electron chi connectivity index (χ2n) is 3.71. The van der Waals surface area contributed by atoms with Gasteiger partial charge in [-0.05, 0) is 23.2 Å². The van der Waals surface area contributed by atoms with Gasteiger partial charge in [-0.2, -0.15) is 0 Å². The molecule has 0 radical (unpaired) electrons. The van der Waals surface area contributed by atoms with Crippen LogP contribution in [0.1, 0.15) is 5.56 Å². The van der Waals surface area contributed by atoms with E-state index in [1.807, 2.05) is 18.2 Å². The highest BCUT2D eigenvalue weighted by Gasteiger charge is 2.28. The van der Waals surface area contributed by atoms with Gasteiger partial charge in [0.05, 0.1) is 19.1 Å². The van der Waals surface area contributed by atoms with Crippen LogP contribution in [0, 0.1) is 0 Å². The lowest BCUT2D eigenvalue weighted by atomic mass is 9.78.